The highest BCUT2D eigenvalue weighted by atomic mass is 79.9. The Balaban J connectivity index is 1.84. The van der Waals surface area contributed by atoms with E-state index in [2.05, 4.69) is 31.2 Å². The van der Waals surface area contributed by atoms with Crippen molar-refractivity contribution < 1.29 is 4.79 Å². The number of likely N-dealkylation sites (tertiary alicyclic amines) is 1. The number of aromatic nitrogens is 2. The number of hydrogen-bond acceptors (Lipinski definition) is 4. The maximum Gasteiger partial charge on any atom is 0.272 e. The van der Waals surface area contributed by atoms with Crippen molar-refractivity contribution in [3.8, 4) is 0 Å². The zero-order valence-corrected chi connectivity index (χ0v) is 13.9. The van der Waals surface area contributed by atoms with E-state index in [4.69, 9.17) is 0 Å². The molecular formula is C16H17BrN4O. The smallest absolute Gasteiger partial charge is 0.272 e. The van der Waals surface area contributed by atoms with Gasteiger partial charge in [-0.2, -0.15) is 0 Å². The second-order valence-corrected chi connectivity index (χ2v) is 6.27. The lowest BCUT2D eigenvalue weighted by atomic mass is 10.3. The summed E-state index contributed by atoms with van der Waals surface area (Å²) >= 11 is 3.43. The lowest BCUT2D eigenvalue weighted by Crippen LogP contribution is -2.28. The van der Waals surface area contributed by atoms with E-state index in [-0.39, 0.29) is 5.91 Å². The Kier molecular flexibility index (Phi) is 4.38. The van der Waals surface area contributed by atoms with E-state index in [0.29, 0.717) is 11.6 Å². The first-order valence-electron chi connectivity index (χ1n) is 7.29. The standard InChI is InChI=1S/C16H17BrN4O/c1-11-9-14(15(22)21-7-2-3-8-21)20-16(18-11)19-13-6-4-5-12(17)10-13/h4-6,9-10H,2-3,7-8H2,1H3,(H,18,19,20). The molecular weight excluding hydrogens is 344 g/mol. The molecule has 1 aromatic heterocycles. The molecule has 1 amide bonds. The summed E-state index contributed by atoms with van der Waals surface area (Å²) in [5, 5.41) is 3.15. The van der Waals surface area contributed by atoms with Crippen LogP contribution in [0.25, 0.3) is 0 Å². The summed E-state index contributed by atoms with van der Waals surface area (Å²) in [4.78, 5) is 23.0. The molecule has 0 saturated carbocycles. The van der Waals surface area contributed by atoms with Gasteiger partial charge in [-0.15, -0.1) is 0 Å². The van der Waals surface area contributed by atoms with Crippen molar-refractivity contribution >= 4 is 33.5 Å². The lowest BCUT2D eigenvalue weighted by molar-refractivity contribution is 0.0787. The van der Waals surface area contributed by atoms with Crippen LogP contribution in [0.15, 0.2) is 34.8 Å². The van der Waals surface area contributed by atoms with E-state index >= 15 is 0 Å². The lowest BCUT2D eigenvalue weighted by Gasteiger charge is -2.15. The van der Waals surface area contributed by atoms with Gasteiger partial charge in [0.05, 0.1) is 0 Å². The molecule has 6 heteroatoms. The van der Waals surface area contributed by atoms with E-state index in [1.165, 1.54) is 0 Å². The minimum Gasteiger partial charge on any atom is -0.337 e. The van der Waals surface area contributed by atoms with E-state index in [9.17, 15) is 4.79 Å². The van der Waals surface area contributed by atoms with Gasteiger partial charge in [0.1, 0.15) is 5.69 Å². The number of halogens is 1. The molecule has 1 aromatic carbocycles. The molecule has 5 nitrogen and oxygen atoms in total. The van der Waals surface area contributed by atoms with Crippen LogP contribution >= 0.6 is 15.9 Å². The molecule has 0 unspecified atom stereocenters. The van der Waals surface area contributed by atoms with Gasteiger partial charge in [0, 0.05) is 28.9 Å². The first kappa shape index (κ1) is 15.0. The zero-order chi connectivity index (χ0) is 15.5. The fourth-order valence-corrected chi connectivity index (χ4v) is 2.91. The molecule has 1 saturated heterocycles. The Bertz CT molecular complexity index is 698. The second-order valence-electron chi connectivity index (χ2n) is 5.35. The van der Waals surface area contributed by atoms with Crippen LogP contribution in [0.2, 0.25) is 0 Å². The molecule has 1 fully saturated rings. The van der Waals surface area contributed by atoms with Crippen LogP contribution in [0.3, 0.4) is 0 Å². The number of carbonyl (C=O) groups is 1. The van der Waals surface area contributed by atoms with Crippen LogP contribution in [0.5, 0.6) is 0 Å². The number of amides is 1. The molecule has 0 spiro atoms. The van der Waals surface area contributed by atoms with Gasteiger partial charge in [0.2, 0.25) is 5.95 Å². The minimum absolute atomic E-state index is 0.0136. The van der Waals surface area contributed by atoms with Gasteiger partial charge in [0.25, 0.3) is 5.91 Å². The van der Waals surface area contributed by atoms with Crippen molar-refractivity contribution in [3.63, 3.8) is 0 Å². The third-order valence-electron chi connectivity index (χ3n) is 3.55. The summed E-state index contributed by atoms with van der Waals surface area (Å²) in [6.07, 6.45) is 2.14. The van der Waals surface area contributed by atoms with E-state index < -0.39 is 0 Å². The maximum absolute atomic E-state index is 12.5. The summed E-state index contributed by atoms with van der Waals surface area (Å²) in [6, 6.07) is 9.49. The van der Waals surface area contributed by atoms with Gasteiger partial charge < -0.3 is 10.2 Å². The van der Waals surface area contributed by atoms with Crippen molar-refractivity contribution in [2.75, 3.05) is 18.4 Å². The van der Waals surface area contributed by atoms with Gasteiger partial charge in [-0.25, -0.2) is 9.97 Å². The molecule has 2 aromatic rings. The van der Waals surface area contributed by atoms with Crippen molar-refractivity contribution in [2.45, 2.75) is 19.8 Å². The summed E-state index contributed by atoms with van der Waals surface area (Å²) in [6.45, 7) is 3.50. The molecule has 0 bridgehead atoms. The van der Waals surface area contributed by atoms with Gasteiger partial charge >= 0.3 is 0 Å². The number of carbonyl (C=O) groups excluding carboxylic acids is 1. The predicted molar refractivity (Wildman–Crippen MR) is 89.3 cm³/mol. The van der Waals surface area contributed by atoms with E-state index in [0.717, 1.165) is 41.8 Å². The highest BCUT2D eigenvalue weighted by Gasteiger charge is 2.21. The molecule has 0 aliphatic carbocycles. The van der Waals surface area contributed by atoms with Gasteiger partial charge in [0.15, 0.2) is 0 Å². The Morgan fingerprint density at radius 2 is 2.00 bits per heavy atom. The molecule has 0 radical (unpaired) electrons. The normalized spacial score (nSPS) is 14.2. The largest absolute Gasteiger partial charge is 0.337 e. The number of nitrogens with one attached hydrogen (secondary N) is 1. The molecule has 3 rings (SSSR count). The fourth-order valence-electron chi connectivity index (χ4n) is 2.51. The van der Waals surface area contributed by atoms with E-state index in [1.807, 2.05) is 36.1 Å². The van der Waals surface area contributed by atoms with Crippen LogP contribution < -0.4 is 5.32 Å². The summed E-state index contributed by atoms with van der Waals surface area (Å²) in [7, 11) is 0. The monoisotopic (exact) mass is 360 g/mol. The highest BCUT2D eigenvalue weighted by Crippen LogP contribution is 2.19. The fraction of sp³-hybridized carbons (Fsp3) is 0.312. The predicted octanol–water partition coefficient (Wildman–Crippen LogP) is 3.53. The van der Waals surface area contributed by atoms with Crippen molar-refractivity contribution in [1.82, 2.24) is 14.9 Å². The molecule has 1 N–H and O–H groups in total. The van der Waals surface area contributed by atoms with E-state index in [1.54, 1.807) is 6.07 Å². The molecule has 114 valence electrons. The Hall–Kier alpha value is -1.95. The Morgan fingerprint density at radius 1 is 1.23 bits per heavy atom. The third kappa shape index (κ3) is 3.44. The van der Waals surface area contributed by atoms with Crippen molar-refractivity contribution in [3.05, 3.63) is 46.2 Å². The maximum atomic E-state index is 12.5. The number of hydrogen-bond donors (Lipinski definition) is 1. The average molecular weight is 361 g/mol. The molecule has 1 aliphatic rings. The van der Waals surface area contributed by atoms with Gasteiger partial charge in [-0.1, -0.05) is 22.0 Å². The van der Waals surface area contributed by atoms with Crippen LogP contribution in [-0.2, 0) is 0 Å². The topological polar surface area (TPSA) is 58.1 Å². The Morgan fingerprint density at radius 3 is 2.73 bits per heavy atom. The summed E-state index contributed by atoms with van der Waals surface area (Å²) < 4.78 is 0.971. The first-order chi connectivity index (χ1) is 10.6. The molecule has 22 heavy (non-hydrogen) atoms. The highest BCUT2D eigenvalue weighted by molar-refractivity contribution is 9.10. The third-order valence-corrected chi connectivity index (χ3v) is 4.04. The SMILES string of the molecule is Cc1cc(C(=O)N2CCCC2)nc(Nc2cccc(Br)c2)n1. The average Bonchev–Trinajstić information content (AvgIpc) is 3.00. The quantitative estimate of drug-likeness (QED) is 0.909. The molecule has 2 heterocycles. The number of nitrogens with zero attached hydrogens (tertiary/aromatic N) is 3. The van der Waals surface area contributed by atoms with Gasteiger partial charge in [-0.3, -0.25) is 4.79 Å². The van der Waals surface area contributed by atoms with Crippen LogP contribution in [0.4, 0.5) is 11.6 Å². The van der Waals surface area contributed by atoms with Gasteiger partial charge in [-0.05, 0) is 44.0 Å². The van der Waals surface area contributed by atoms with Crippen LogP contribution in [0.1, 0.15) is 29.0 Å². The molecule has 1 aliphatic heterocycles. The summed E-state index contributed by atoms with van der Waals surface area (Å²) in [5.74, 6) is 0.431. The Labute approximate surface area is 137 Å². The number of benzene rings is 1. The molecule has 0 atom stereocenters. The van der Waals surface area contributed by atoms with Crippen LogP contribution in [-0.4, -0.2) is 33.9 Å². The van der Waals surface area contributed by atoms with Crippen molar-refractivity contribution in [1.29, 1.82) is 0 Å². The second kappa shape index (κ2) is 6.44. The minimum atomic E-state index is -0.0136. The first-order valence-corrected chi connectivity index (χ1v) is 8.09. The number of rotatable bonds is 3. The number of aryl methyl sites for hydroxylation is 1. The zero-order valence-electron chi connectivity index (χ0n) is 12.3. The van der Waals surface area contributed by atoms with Crippen LogP contribution in [0, 0.1) is 6.92 Å². The number of anilines is 2. The van der Waals surface area contributed by atoms with Crippen molar-refractivity contribution in [2.24, 2.45) is 0 Å². The summed E-state index contributed by atoms with van der Waals surface area (Å²) in [5.41, 5.74) is 2.10.